The average Bonchev–Trinajstić information content (AvgIpc) is 2.40. The van der Waals surface area contributed by atoms with E-state index in [0.29, 0.717) is 17.1 Å². The van der Waals surface area contributed by atoms with Crippen molar-refractivity contribution in [2.45, 2.75) is 19.9 Å². The summed E-state index contributed by atoms with van der Waals surface area (Å²) in [6, 6.07) is 8.88. The van der Waals surface area contributed by atoms with Gasteiger partial charge in [0.05, 0.1) is 6.04 Å². The van der Waals surface area contributed by atoms with Crippen LogP contribution in [-0.2, 0) is 0 Å². The van der Waals surface area contributed by atoms with Gasteiger partial charge in [-0.3, -0.25) is 0 Å². The van der Waals surface area contributed by atoms with Gasteiger partial charge in [-0.15, -0.1) is 0 Å². The Hall–Kier alpha value is -1.45. The van der Waals surface area contributed by atoms with Crippen LogP contribution in [0.1, 0.15) is 29.7 Å². The lowest BCUT2D eigenvalue weighted by atomic mass is 9.97. The maximum atomic E-state index is 14.0. The van der Waals surface area contributed by atoms with Gasteiger partial charge < -0.3 is 5.32 Å². The van der Waals surface area contributed by atoms with Crippen LogP contribution in [0.15, 0.2) is 36.4 Å². The van der Waals surface area contributed by atoms with E-state index in [2.05, 4.69) is 5.32 Å². The zero-order valence-corrected chi connectivity index (χ0v) is 12.1. The van der Waals surface area contributed by atoms with Gasteiger partial charge in [-0.05, 0) is 36.7 Å². The number of benzene rings is 2. The molecule has 0 aliphatic heterocycles. The van der Waals surface area contributed by atoms with Gasteiger partial charge in [0.1, 0.15) is 11.6 Å². The third-order valence-corrected chi connectivity index (χ3v) is 3.62. The normalized spacial score (nSPS) is 12.4. The van der Waals surface area contributed by atoms with Gasteiger partial charge in [-0.25, -0.2) is 8.78 Å². The SMILES string of the molecule is CCNC(c1ccc(C)c(Cl)c1)c1ccc(F)cc1F. The van der Waals surface area contributed by atoms with E-state index in [9.17, 15) is 8.78 Å². The van der Waals surface area contributed by atoms with Gasteiger partial charge in [0.15, 0.2) is 0 Å². The molecule has 1 atom stereocenters. The fourth-order valence-corrected chi connectivity index (χ4v) is 2.32. The molecular weight excluding hydrogens is 280 g/mol. The summed E-state index contributed by atoms with van der Waals surface area (Å²) in [5.41, 5.74) is 2.23. The van der Waals surface area contributed by atoms with E-state index < -0.39 is 11.6 Å². The van der Waals surface area contributed by atoms with Crippen LogP contribution in [0, 0.1) is 18.6 Å². The Balaban J connectivity index is 2.47. The van der Waals surface area contributed by atoms with Crippen molar-refractivity contribution in [3.8, 4) is 0 Å². The summed E-state index contributed by atoms with van der Waals surface area (Å²) in [4.78, 5) is 0. The van der Waals surface area contributed by atoms with E-state index in [-0.39, 0.29) is 6.04 Å². The lowest BCUT2D eigenvalue weighted by Crippen LogP contribution is -2.23. The molecule has 0 fully saturated rings. The molecule has 0 aromatic heterocycles. The molecule has 1 nitrogen and oxygen atoms in total. The molecule has 2 rings (SSSR count). The molecule has 0 radical (unpaired) electrons. The fraction of sp³-hybridized carbons (Fsp3) is 0.250. The molecule has 0 bridgehead atoms. The third-order valence-electron chi connectivity index (χ3n) is 3.21. The predicted octanol–water partition coefficient (Wildman–Crippen LogP) is 4.63. The van der Waals surface area contributed by atoms with Gasteiger partial charge in [0.25, 0.3) is 0 Å². The number of rotatable bonds is 4. The zero-order chi connectivity index (χ0) is 14.7. The van der Waals surface area contributed by atoms with Crippen LogP contribution in [0.25, 0.3) is 0 Å². The molecular formula is C16H16ClF2N. The predicted molar refractivity (Wildman–Crippen MR) is 78.1 cm³/mol. The molecule has 0 saturated heterocycles. The first-order chi connectivity index (χ1) is 9.52. The quantitative estimate of drug-likeness (QED) is 0.867. The van der Waals surface area contributed by atoms with Crippen molar-refractivity contribution in [1.29, 1.82) is 0 Å². The Morgan fingerprint density at radius 3 is 2.50 bits per heavy atom. The second-order valence-corrected chi connectivity index (χ2v) is 5.07. The Labute approximate surface area is 122 Å². The Morgan fingerprint density at radius 1 is 1.15 bits per heavy atom. The third kappa shape index (κ3) is 3.17. The Morgan fingerprint density at radius 2 is 1.90 bits per heavy atom. The minimum Gasteiger partial charge on any atom is -0.306 e. The lowest BCUT2D eigenvalue weighted by molar-refractivity contribution is 0.541. The maximum Gasteiger partial charge on any atom is 0.131 e. The molecule has 4 heteroatoms. The van der Waals surface area contributed by atoms with Gasteiger partial charge in [0, 0.05) is 16.7 Å². The highest BCUT2D eigenvalue weighted by Gasteiger charge is 2.18. The highest BCUT2D eigenvalue weighted by Crippen LogP contribution is 2.28. The van der Waals surface area contributed by atoms with Crippen molar-refractivity contribution < 1.29 is 8.78 Å². The van der Waals surface area contributed by atoms with Gasteiger partial charge in [0.2, 0.25) is 0 Å². The van der Waals surface area contributed by atoms with E-state index in [1.165, 1.54) is 12.1 Å². The summed E-state index contributed by atoms with van der Waals surface area (Å²) in [5, 5.41) is 3.83. The minimum atomic E-state index is -0.580. The van der Waals surface area contributed by atoms with Crippen LogP contribution in [0.3, 0.4) is 0 Å². The van der Waals surface area contributed by atoms with Crippen LogP contribution in [0.4, 0.5) is 8.78 Å². The molecule has 0 spiro atoms. The number of halogens is 3. The van der Waals surface area contributed by atoms with Crippen molar-refractivity contribution in [3.05, 3.63) is 69.7 Å². The Bertz CT molecular complexity index is 613. The van der Waals surface area contributed by atoms with Crippen LogP contribution in [0.5, 0.6) is 0 Å². The first-order valence-electron chi connectivity index (χ1n) is 6.47. The average molecular weight is 296 g/mol. The van der Waals surface area contributed by atoms with Crippen molar-refractivity contribution in [2.75, 3.05) is 6.54 Å². The monoisotopic (exact) mass is 295 g/mol. The largest absolute Gasteiger partial charge is 0.306 e. The number of hydrogen-bond acceptors (Lipinski definition) is 1. The first-order valence-corrected chi connectivity index (χ1v) is 6.85. The second kappa shape index (κ2) is 6.33. The highest BCUT2D eigenvalue weighted by molar-refractivity contribution is 6.31. The standard InChI is InChI=1S/C16H16ClF2N/c1-3-20-16(11-5-4-10(2)14(17)8-11)13-7-6-12(18)9-15(13)19/h4-9,16,20H,3H2,1-2H3. The Kier molecular flexibility index (Phi) is 4.73. The molecule has 0 heterocycles. The summed E-state index contributed by atoms with van der Waals surface area (Å²) >= 11 is 6.13. The van der Waals surface area contributed by atoms with Crippen LogP contribution >= 0.6 is 11.6 Å². The first kappa shape index (κ1) is 14.9. The number of hydrogen-bond donors (Lipinski definition) is 1. The number of nitrogens with one attached hydrogen (secondary N) is 1. The molecule has 20 heavy (non-hydrogen) atoms. The van der Waals surface area contributed by atoms with Crippen LogP contribution in [0.2, 0.25) is 5.02 Å². The van der Waals surface area contributed by atoms with Crippen LogP contribution in [-0.4, -0.2) is 6.54 Å². The summed E-state index contributed by atoms with van der Waals surface area (Å²) in [6.07, 6.45) is 0. The van der Waals surface area contributed by atoms with E-state index in [4.69, 9.17) is 11.6 Å². The van der Waals surface area contributed by atoms with Crippen molar-refractivity contribution in [3.63, 3.8) is 0 Å². The molecule has 0 aliphatic rings. The fourth-order valence-electron chi connectivity index (χ4n) is 2.14. The summed E-state index contributed by atoms with van der Waals surface area (Å²) in [6.45, 7) is 4.50. The molecule has 2 aromatic carbocycles. The van der Waals surface area contributed by atoms with E-state index in [1.54, 1.807) is 0 Å². The smallest absolute Gasteiger partial charge is 0.131 e. The molecule has 0 amide bonds. The van der Waals surface area contributed by atoms with Crippen LogP contribution < -0.4 is 5.32 Å². The lowest BCUT2D eigenvalue weighted by Gasteiger charge is -2.20. The van der Waals surface area contributed by atoms with E-state index in [1.807, 2.05) is 32.0 Å². The molecule has 106 valence electrons. The van der Waals surface area contributed by atoms with Crippen molar-refractivity contribution in [1.82, 2.24) is 5.32 Å². The summed E-state index contributed by atoms with van der Waals surface area (Å²) in [5.74, 6) is -1.14. The molecule has 0 saturated carbocycles. The minimum absolute atomic E-state index is 0.348. The molecule has 1 unspecified atom stereocenters. The highest BCUT2D eigenvalue weighted by atomic mass is 35.5. The van der Waals surface area contributed by atoms with Gasteiger partial charge >= 0.3 is 0 Å². The van der Waals surface area contributed by atoms with E-state index in [0.717, 1.165) is 17.2 Å². The summed E-state index contributed by atoms with van der Waals surface area (Å²) < 4.78 is 27.0. The summed E-state index contributed by atoms with van der Waals surface area (Å²) in [7, 11) is 0. The topological polar surface area (TPSA) is 12.0 Å². The second-order valence-electron chi connectivity index (χ2n) is 4.67. The molecule has 1 N–H and O–H groups in total. The molecule has 2 aromatic rings. The maximum absolute atomic E-state index is 14.0. The zero-order valence-electron chi connectivity index (χ0n) is 11.4. The van der Waals surface area contributed by atoms with Crippen molar-refractivity contribution >= 4 is 11.6 Å². The van der Waals surface area contributed by atoms with Gasteiger partial charge in [-0.2, -0.15) is 0 Å². The van der Waals surface area contributed by atoms with Gasteiger partial charge in [-0.1, -0.05) is 36.7 Å². The molecule has 0 aliphatic carbocycles. The van der Waals surface area contributed by atoms with Crippen molar-refractivity contribution in [2.24, 2.45) is 0 Å². The number of aryl methyl sites for hydroxylation is 1. The van der Waals surface area contributed by atoms with E-state index >= 15 is 0 Å².